The highest BCUT2D eigenvalue weighted by Gasteiger charge is 2.30. The molecule has 1 aromatic rings. The molecule has 1 atom stereocenters. The molecule has 0 spiro atoms. The van der Waals surface area contributed by atoms with Crippen LogP contribution in [0.5, 0.6) is 0 Å². The molecule has 1 aliphatic rings. The minimum atomic E-state index is -4.62. The Morgan fingerprint density at radius 3 is 2.52 bits per heavy atom. The van der Waals surface area contributed by atoms with Crippen LogP contribution in [0.4, 0.5) is 22.4 Å². The van der Waals surface area contributed by atoms with Gasteiger partial charge < -0.3 is 15.4 Å². The number of alkyl halides is 3. The van der Waals surface area contributed by atoms with Gasteiger partial charge in [-0.2, -0.15) is 13.2 Å². The number of nitrogens with one attached hydrogen (secondary N) is 2. The number of likely N-dealkylation sites (tertiary alicyclic amines) is 1. The molecule has 2 amide bonds. The first-order valence-corrected chi connectivity index (χ1v) is 9.47. The Morgan fingerprint density at radius 1 is 1.21 bits per heavy atom. The lowest BCUT2D eigenvalue weighted by Gasteiger charge is -2.29. The van der Waals surface area contributed by atoms with E-state index in [1.807, 2.05) is 4.90 Å². The summed E-state index contributed by atoms with van der Waals surface area (Å²) in [5, 5.41) is 5.00. The van der Waals surface area contributed by atoms with E-state index < -0.39 is 36.6 Å². The molecular formula is C18H22ClF4N3O3. The Morgan fingerprint density at radius 2 is 1.90 bits per heavy atom. The van der Waals surface area contributed by atoms with Crippen molar-refractivity contribution < 1.29 is 31.9 Å². The van der Waals surface area contributed by atoms with Gasteiger partial charge in [-0.25, -0.2) is 9.18 Å². The molecule has 0 aliphatic carbocycles. The normalized spacial score (nSPS) is 15.8. The Labute approximate surface area is 170 Å². The summed E-state index contributed by atoms with van der Waals surface area (Å²) < 4.78 is 54.2. The van der Waals surface area contributed by atoms with E-state index in [-0.39, 0.29) is 24.5 Å². The van der Waals surface area contributed by atoms with Crippen molar-refractivity contribution >= 4 is 23.6 Å². The van der Waals surface area contributed by atoms with E-state index in [4.69, 9.17) is 11.6 Å². The van der Waals surface area contributed by atoms with E-state index in [0.29, 0.717) is 5.56 Å². The van der Waals surface area contributed by atoms with Crippen LogP contribution in [0, 0.1) is 5.82 Å². The van der Waals surface area contributed by atoms with Gasteiger partial charge in [-0.3, -0.25) is 9.69 Å². The molecule has 1 fully saturated rings. The minimum Gasteiger partial charge on any atom is -0.440 e. The fourth-order valence-corrected chi connectivity index (χ4v) is 3.36. The third-order valence-corrected chi connectivity index (χ3v) is 4.72. The van der Waals surface area contributed by atoms with E-state index >= 15 is 0 Å². The molecule has 1 saturated heterocycles. The van der Waals surface area contributed by atoms with Gasteiger partial charge in [0.25, 0.3) is 0 Å². The molecule has 11 heteroatoms. The maximum atomic E-state index is 14.4. The predicted octanol–water partition coefficient (Wildman–Crippen LogP) is 3.41. The molecule has 2 rings (SSSR count). The molecule has 1 heterocycles. The maximum absolute atomic E-state index is 14.4. The molecule has 0 saturated carbocycles. The van der Waals surface area contributed by atoms with Crippen LogP contribution in [0.3, 0.4) is 0 Å². The number of ether oxygens (including phenoxy) is 1. The SMILES string of the molecule is O=C(CCNC(=O)OCC(F)(F)F)NCC(c1c(F)cccc1Cl)N1CCCC1. The Kier molecular flexibility index (Phi) is 8.51. The van der Waals surface area contributed by atoms with E-state index in [1.54, 1.807) is 6.07 Å². The molecule has 0 bridgehead atoms. The van der Waals surface area contributed by atoms with Crippen molar-refractivity contribution in [3.8, 4) is 0 Å². The summed E-state index contributed by atoms with van der Waals surface area (Å²) in [6, 6.07) is 3.95. The first-order chi connectivity index (χ1) is 13.7. The van der Waals surface area contributed by atoms with Crippen LogP contribution in [-0.2, 0) is 9.53 Å². The Balaban J connectivity index is 1.84. The van der Waals surface area contributed by atoms with Crippen LogP contribution in [0.25, 0.3) is 0 Å². The summed E-state index contributed by atoms with van der Waals surface area (Å²) in [6.45, 7) is -0.295. The number of hydrogen-bond acceptors (Lipinski definition) is 4. The summed E-state index contributed by atoms with van der Waals surface area (Å²) in [4.78, 5) is 25.2. The molecule has 2 N–H and O–H groups in total. The Bertz CT molecular complexity index is 692. The van der Waals surface area contributed by atoms with E-state index in [0.717, 1.165) is 25.9 Å². The monoisotopic (exact) mass is 439 g/mol. The van der Waals surface area contributed by atoms with Gasteiger partial charge in [-0.15, -0.1) is 0 Å². The molecule has 1 aromatic carbocycles. The average molecular weight is 440 g/mol. The highest BCUT2D eigenvalue weighted by Crippen LogP contribution is 2.31. The van der Waals surface area contributed by atoms with Crippen LogP contribution in [0.15, 0.2) is 18.2 Å². The van der Waals surface area contributed by atoms with Crippen molar-refractivity contribution in [2.75, 3.05) is 32.8 Å². The minimum absolute atomic E-state index is 0.109. The summed E-state index contributed by atoms with van der Waals surface area (Å²) in [5.41, 5.74) is 0.310. The number of rotatable bonds is 8. The molecule has 0 radical (unpaired) electrons. The first kappa shape index (κ1) is 23.2. The zero-order valence-corrected chi connectivity index (χ0v) is 16.3. The Hall–Kier alpha value is -2.07. The summed E-state index contributed by atoms with van der Waals surface area (Å²) >= 11 is 6.18. The van der Waals surface area contributed by atoms with E-state index in [9.17, 15) is 27.2 Å². The van der Waals surface area contributed by atoms with Crippen molar-refractivity contribution in [2.45, 2.75) is 31.5 Å². The highest BCUT2D eigenvalue weighted by molar-refractivity contribution is 6.31. The van der Waals surface area contributed by atoms with Crippen molar-refractivity contribution in [3.63, 3.8) is 0 Å². The van der Waals surface area contributed by atoms with Crippen LogP contribution in [0.2, 0.25) is 5.02 Å². The van der Waals surface area contributed by atoms with E-state index in [2.05, 4.69) is 15.4 Å². The number of hydrogen-bond donors (Lipinski definition) is 2. The van der Waals surface area contributed by atoms with Gasteiger partial charge in [0, 0.05) is 30.1 Å². The lowest BCUT2D eigenvalue weighted by atomic mass is 10.0. The zero-order chi connectivity index (χ0) is 21.4. The molecule has 0 aromatic heterocycles. The van der Waals surface area contributed by atoms with Gasteiger partial charge in [-0.1, -0.05) is 17.7 Å². The first-order valence-electron chi connectivity index (χ1n) is 9.09. The molecular weight excluding hydrogens is 418 g/mol. The second kappa shape index (κ2) is 10.6. The lowest BCUT2D eigenvalue weighted by molar-refractivity contribution is -0.160. The largest absolute Gasteiger partial charge is 0.440 e. The molecule has 1 unspecified atom stereocenters. The van der Waals surface area contributed by atoms with Crippen molar-refractivity contribution in [3.05, 3.63) is 34.6 Å². The summed E-state index contributed by atoms with van der Waals surface area (Å²) in [5.74, 6) is -0.907. The number of benzene rings is 1. The highest BCUT2D eigenvalue weighted by atomic mass is 35.5. The number of alkyl carbamates (subject to hydrolysis) is 1. The fourth-order valence-electron chi connectivity index (χ4n) is 3.07. The number of carbonyl (C=O) groups excluding carboxylic acids is 2. The van der Waals surface area contributed by atoms with Crippen molar-refractivity contribution in [1.29, 1.82) is 0 Å². The van der Waals surface area contributed by atoms with E-state index in [1.165, 1.54) is 12.1 Å². The van der Waals surface area contributed by atoms with Crippen LogP contribution in [0.1, 0.15) is 30.9 Å². The third kappa shape index (κ3) is 7.69. The van der Waals surface area contributed by atoms with Crippen LogP contribution >= 0.6 is 11.6 Å². The topological polar surface area (TPSA) is 70.7 Å². The van der Waals surface area contributed by atoms with Gasteiger partial charge in [0.15, 0.2) is 6.61 Å². The molecule has 162 valence electrons. The lowest BCUT2D eigenvalue weighted by Crippen LogP contribution is -2.38. The van der Waals surface area contributed by atoms with Gasteiger partial charge in [-0.05, 0) is 38.1 Å². The maximum Gasteiger partial charge on any atom is 0.422 e. The average Bonchev–Trinajstić information content (AvgIpc) is 3.16. The second-order valence-electron chi connectivity index (χ2n) is 6.57. The number of carbonyl (C=O) groups is 2. The predicted molar refractivity (Wildman–Crippen MR) is 98.0 cm³/mol. The second-order valence-corrected chi connectivity index (χ2v) is 6.97. The summed E-state index contributed by atoms with van der Waals surface area (Å²) in [7, 11) is 0. The van der Waals surface area contributed by atoms with Crippen molar-refractivity contribution in [2.24, 2.45) is 0 Å². The van der Waals surface area contributed by atoms with Crippen molar-refractivity contribution in [1.82, 2.24) is 15.5 Å². The zero-order valence-electron chi connectivity index (χ0n) is 15.5. The van der Waals surface area contributed by atoms with Gasteiger partial charge in [0.1, 0.15) is 5.82 Å². The molecule has 6 nitrogen and oxygen atoms in total. The molecule has 1 aliphatic heterocycles. The van der Waals surface area contributed by atoms with Crippen LogP contribution in [-0.4, -0.2) is 55.9 Å². The number of nitrogens with zero attached hydrogens (tertiary/aromatic N) is 1. The molecule has 29 heavy (non-hydrogen) atoms. The number of halogens is 5. The fraction of sp³-hybridized carbons (Fsp3) is 0.556. The smallest absolute Gasteiger partial charge is 0.422 e. The number of amides is 2. The van der Waals surface area contributed by atoms with Gasteiger partial charge in [0.2, 0.25) is 5.91 Å². The summed E-state index contributed by atoms with van der Waals surface area (Å²) in [6.07, 6.45) is -4.13. The third-order valence-electron chi connectivity index (χ3n) is 4.40. The van der Waals surface area contributed by atoms with Gasteiger partial charge in [0.05, 0.1) is 6.04 Å². The quantitative estimate of drug-likeness (QED) is 0.609. The van der Waals surface area contributed by atoms with Gasteiger partial charge >= 0.3 is 12.3 Å². The van der Waals surface area contributed by atoms with Crippen LogP contribution < -0.4 is 10.6 Å². The standard InChI is InChI=1S/C18H22ClF4N3O3/c19-12-4-3-5-13(20)16(12)14(26-8-1-2-9-26)10-25-15(27)6-7-24-17(28)29-11-18(21,22)23/h3-5,14H,1-2,6-11H2,(H,24,28)(H,25,27).